The summed E-state index contributed by atoms with van der Waals surface area (Å²) in [4.78, 5) is 22.8. The quantitative estimate of drug-likeness (QED) is 0.668. The molecule has 0 unspecified atom stereocenters. The summed E-state index contributed by atoms with van der Waals surface area (Å²) in [7, 11) is 1.37. The van der Waals surface area contributed by atoms with Crippen molar-refractivity contribution in [3.05, 3.63) is 66.4 Å². The first kappa shape index (κ1) is 18.9. The van der Waals surface area contributed by atoms with E-state index in [1.54, 1.807) is 18.3 Å². The number of nitrogens with zero attached hydrogens (tertiary/aromatic N) is 3. The summed E-state index contributed by atoms with van der Waals surface area (Å²) in [5.74, 6) is 0.154. The lowest BCUT2D eigenvalue weighted by molar-refractivity contribution is 0.0600. The lowest BCUT2D eigenvalue weighted by Gasteiger charge is -2.28. The molecule has 1 N–H and O–H groups in total. The van der Waals surface area contributed by atoms with E-state index in [0.29, 0.717) is 11.5 Å². The van der Waals surface area contributed by atoms with Gasteiger partial charge in [0.2, 0.25) is 5.95 Å². The Bertz CT molecular complexity index is 968. The van der Waals surface area contributed by atoms with Gasteiger partial charge in [-0.1, -0.05) is 12.1 Å². The van der Waals surface area contributed by atoms with Gasteiger partial charge in [0.1, 0.15) is 0 Å². The number of morpholine rings is 1. The summed E-state index contributed by atoms with van der Waals surface area (Å²) in [6.45, 7) is 3.35. The van der Waals surface area contributed by atoms with Crippen molar-refractivity contribution in [2.45, 2.75) is 0 Å². The molecule has 2 aromatic carbocycles. The molecule has 0 spiro atoms. The normalized spacial score (nSPS) is 13.8. The molecule has 0 atom stereocenters. The molecular weight excluding hydrogens is 368 g/mol. The molecule has 7 nitrogen and oxygen atoms in total. The van der Waals surface area contributed by atoms with Crippen molar-refractivity contribution in [2.24, 2.45) is 0 Å². The molecule has 29 heavy (non-hydrogen) atoms. The highest BCUT2D eigenvalue weighted by Crippen LogP contribution is 2.23. The first-order valence-electron chi connectivity index (χ1n) is 9.44. The van der Waals surface area contributed by atoms with Crippen molar-refractivity contribution >= 4 is 23.3 Å². The molecule has 1 aromatic heterocycles. The zero-order valence-corrected chi connectivity index (χ0v) is 16.2. The lowest BCUT2D eigenvalue weighted by atomic mass is 10.1. The van der Waals surface area contributed by atoms with E-state index in [2.05, 4.69) is 32.3 Å². The number of esters is 1. The number of hydrogen-bond acceptors (Lipinski definition) is 7. The van der Waals surface area contributed by atoms with Gasteiger partial charge < -0.3 is 19.7 Å². The fourth-order valence-electron chi connectivity index (χ4n) is 3.18. The minimum absolute atomic E-state index is 0.359. The van der Waals surface area contributed by atoms with Crippen LogP contribution in [0.25, 0.3) is 11.3 Å². The van der Waals surface area contributed by atoms with Crippen LogP contribution in [0.15, 0.2) is 60.8 Å². The maximum atomic E-state index is 11.6. The summed E-state index contributed by atoms with van der Waals surface area (Å²) in [5, 5.41) is 3.24. The molecule has 2 heterocycles. The third-order valence-electron chi connectivity index (χ3n) is 4.76. The van der Waals surface area contributed by atoms with E-state index in [9.17, 15) is 4.79 Å². The Hall–Kier alpha value is -3.45. The third-order valence-corrected chi connectivity index (χ3v) is 4.76. The Morgan fingerprint density at radius 2 is 1.76 bits per heavy atom. The molecule has 0 saturated carbocycles. The summed E-state index contributed by atoms with van der Waals surface area (Å²) in [6, 6.07) is 17.2. The van der Waals surface area contributed by atoms with Gasteiger partial charge in [-0.15, -0.1) is 0 Å². The number of methoxy groups -OCH3 is 1. The second-order valence-corrected chi connectivity index (χ2v) is 6.61. The number of nitrogens with one attached hydrogen (secondary N) is 1. The van der Waals surface area contributed by atoms with Crippen LogP contribution < -0.4 is 10.2 Å². The molecule has 1 aliphatic heterocycles. The number of anilines is 3. The predicted octanol–water partition coefficient (Wildman–Crippen LogP) is 3.51. The molecule has 4 rings (SSSR count). The van der Waals surface area contributed by atoms with E-state index in [-0.39, 0.29) is 5.97 Å². The van der Waals surface area contributed by atoms with Crippen molar-refractivity contribution in [2.75, 3.05) is 43.6 Å². The first-order chi connectivity index (χ1) is 14.2. The second-order valence-electron chi connectivity index (χ2n) is 6.61. The Kier molecular flexibility index (Phi) is 5.67. The Balaban J connectivity index is 1.46. The Morgan fingerprint density at radius 3 is 2.45 bits per heavy atom. The van der Waals surface area contributed by atoms with Crippen LogP contribution in [0, 0.1) is 0 Å². The molecule has 0 bridgehead atoms. The largest absolute Gasteiger partial charge is 0.465 e. The third kappa shape index (κ3) is 4.52. The zero-order chi connectivity index (χ0) is 20.1. The van der Waals surface area contributed by atoms with Gasteiger partial charge in [0.25, 0.3) is 0 Å². The van der Waals surface area contributed by atoms with Crippen LogP contribution in [-0.4, -0.2) is 49.4 Å². The van der Waals surface area contributed by atoms with Gasteiger partial charge in [0, 0.05) is 36.2 Å². The molecular formula is C22H22N4O3. The average molecular weight is 390 g/mol. The van der Waals surface area contributed by atoms with Crippen LogP contribution in [0.1, 0.15) is 10.4 Å². The van der Waals surface area contributed by atoms with Crippen molar-refractivity contribution in [1.29, 1.82) is 0 Å². The van der Waals surface area contributed by atoms with Gasteiger partial charge in [0.05, 0.1) is 31.6 Å². The maximum Gasteiger partial charge on any atom is 0.337 e. The number of carbonyl (C=O) groups is 1. The van der Waals surface area contributed by atoms with Crippen LogP contribution in [0.3, 0.4) is 0 Å². The molecule has 0 radical (unpaired) electrons. The van der Waals surface area contributed by atoms with E-state index in [1.165, 1.54) is 12.8 Å². The number of ether oxygens (including phenoxy) is 2. The smallest absolute Gasteiger partial charge is 0.337 e. The van der Waals surface area contributed by atoms with E-state index < -0.39 is 0 Å². The minimum Gasteiger partial charge on any atom is -0.465 e. The molecule has 1 saturated heterocycles. The predicted molar refractivity (Wildman–Crippen MR) is 112 cm³/mol. The highest BCUT2D eigenvalue weighted by Gasteiger charge is 2.11. The second kappa shape index (κ2) is 8.70. The summed E-state index contributed by atoms with van der Waals surface area (Å²) < 4.78 is 10.1. The number of benzene rings is 2. The number of carbonyl (C=O) groups excluding carboxylic acids is 1. The topological polar surface area (TPSA) is 76.6 Å². The van der Waals surface area contributed by atoms with Crippen LogP contribution in [0.5, 0.6) is 0 Å². The highest BCUT2D eigenvalue weighted by molar-refractivity contribution is 5.89. The van der Waals surface area contributed by atoms with E-state index >= 15 is 0 Å². The fraction of sp³-hybridized carbons (Fsp3) is 0.227. The summed E-state index contributed by atoms with van der Waals surface area (Å²) in [6.07, 6.45) is 1.71. The standard InChI is InChI=1S/C22H22N4O3/c1-28-21(27)17-4-2-16(3-5-17)20-10-11-23-22(25-20)24-18-6-8-19(9-7-18)26-12-14-29-15-13-26/h2-11H,12-15H2,1H3,(H,23,24,25). The molecule has 7 heteroatoms. The van der Waals surface area contributed by atoms with E-state index in [1.807, 2.05) is 30.3 Å². The molecule has 0 aliphatic carbocycles. The molecule has 3 aromatic rings. The number of hydrogen-bond donors (Lipinski definition) is 1. The lowest BCUT2D eigenvalue weighted by Crippen LogP contribution is -2.36. The van der Waals surface area contributed by atoms with Crippen LogP contribution in [0.2, 0.25) is 0 Å². The first-order valence-corrected chi connectivity index (χ1v) is 9.44. The van der Waals surface area contributed by atoms with Crippen molar-refractivity contribution in [3.8, 4) is 11.3 Å². The van der Waals surface area contributed by atoms with E-state index in [0.717, 1.165) is 43.2 Å². The number of aromatic nitrogens is 2. The number of rotatable bonds is 5. The van der Waals surface area contributed by atoms with Gasteiger partial charge in [-0.2, -0.15) is 0 Å². The molecule has 148 valence electrons. The molecule has 1 aliphatic rings. The van der Waals surface area contributed by atoms with Gasteiger partial charge in [-0.3, -0.25) is 0 Å². The van der Waals surface area contributed by atoms with Crippen LogP contribution in [-0.2, 0) is 9.47 Å². The van der Waals surface area contributed by atoms with E-state index in [4.69, 9.17) is 9.47 Å². The summed E-state index contributed by atoms with van der Waals surface area (Å²) >= 11 is 0. The fourth-order valence-corrected chi connectivity index (χ4v) is 3.18. The SMILES string of the molecule is COC(=O)c1ccc(-c2ccnc(Nc3ccc(N4CCOCC4)cc3)n2)cc1. The van der Waals surface area contributed by atoms with Gasteiger partial charge in [0.15, 0.2) is 0 Å². The summed E-state index contributed by atoms with van der Waals surface area (Å²) in [5.41, 5.74) is 4.26. The average Bonchev–Trinajstić information content (AvgIpc) is 2.80. The van der Waals surface area contributed by atoms with Gasteiger partial charge >= 0.3 is 5.97 Å². The van der Waals surface area contributed by atoms with Crippen LogP contribution >= 0.6 is 0 Å². The highest BCUT2D eigenvalue weighted by atomic mass is 16.5. The Morgan fingerprint density at radius 1 is 1.03 bits per heavy atom. The zero-order valence-electron chi connectivity index (χ0n) is 16.2. The monoisotopic (exact) mass is 390 g/mol. The maximum absolute atomic E-state index is 11.6. The van der Waals surface area contributed by atoms with Crippen molar-refractivity contribution in [1.82, 2.24) is 9.97 Å². The van der Waals surface area contributed by atoms with Crippen molar-refractivity contribution in [3.63, 3.8) is 0 Å². The van der Waals surface area contributed by atoms with Crippen LogP contribution in [0.4, 0.5) is 17.3 Å². The van der Waals surface area contributed by atoms with Gasteiger partial charge in [-0.25, -0.2) is 14.8 Å². The van der Waals surface area contributed by atoms with Crippen molar-refractivity contribution < 1.29 is 14.3 Å². The van der Waals surface area contributed by atoms with Gasteiger partial charge in [-0.05, 0) is 42.5 Å². The molecule has 0 amide bonds. The Labute approximate surface area is 169 Å². The molecule has 1 fully saturated rings. The minimum atomic E-state index is -0.359.